The number of allylic oxidation sites excluding steroid dienone is 10. The quantitative estimate of drug-likeness (QED) is 0.0262. The van der Waals surface area contributed by atoms with Crippen molar-refractivity contribution in [2.24, 2.45) is 0 Å². The number of hydrogen-bond donors (Lipinski definition) is 0. The van der Waals surface area contributed by atoms with Crippen molar-refractivity contribution in [1.29, 1.82) is 0 Å². The number of ether oxygens (including phenoxy) is 3. The molecule has 0 rings (SSSR count). The molecule has 0 aromatic heterocycles. The van der Waals surface area contributed by atoms with Gasteiger partial charge in [0.1, 0.15) is 13.2 Å². The molecule has 0 amide bonds. The second-order valence-corrected chi connectivity index (χ2v) is 18.8. The second kappa shape index (κ2) is 54.7. The molecule has 0 aliphatic carbocycles. The Morgan fingerprint density at radius 1 is 0.318 bits per heavy atom. The molecule has 1 unspecified atom stereocenters. The Kier molecular flexibility index (Phi) is 52.3. The summed E-state index contributed by atoms with van der Waals surface area (Å²) in [4.78, 5) is 37.8. The van der Waals surface area contributed by atoms with Crippen LogP contribution in [0.4, 0.5) is 0 Å². The minimum absolute atomic E-state index is 0.0696. The number of rotatable bonds is 51. The van der Waals surface area contributed by atoms with E-state index < -0.39 is 6.10 Å². The fourth-order valence-electron chi connectivity index (χ4n) is 8.06. The lowest BCUT2D eigenvalue weighted by Crippen LogP contribution is -2.30. The van der Waals surface area contributed by atoms with Gasteiger partial charge in [0.05, 0.1) is 0 Å². The van der Waals surface area contributed by atoms with E-state index in [9.17, 15) is 14.4 Å². The predicted molar refractivity (Wildman–Crippen MR) is 284 cm³/mol. The van der Waals surface area contributed by atoms with Gasteiger partial charge in [-0.2, -0.15) is 0 Å². The average Bonchev–Trinajstić information content (AvgIpc) is 3.31. The first-order valence-corrected chi connectivity index (χ1v) is 28.3. The number of esters is 3. The largest absolute Gasteiger partial charge is 0.462 e. The molecule has 1 atom stereocenters. The van der Waals surface area contributed by atoms with E-state index in [0.29, 0.717) is 19.3 Å². The molecule has 382 valence electrons. The van der Waals surface area contributed by atoms with Gasteiger partial charge in [0, 0.05) is 19.3 Å². The molecule has 0 aliphatic rings. The van der Waals surface area contributed by atoms with Crippen LogP contribution in [-0.4, -0.2) is 37.2 Å². The van der Waals surface area contributed by atoms with Crippen molar-refractivity contribution in [3.05, 3.63) is 60.8 Å². The number of carbonyl (C=O) groups is 3. The summed E-state index contributed by atoms with van der Waals surface area (Å²) in [6, 6.07) is 0. The van der Waals surface area contributed by atoms with Crippen molar-refractivity contribution >= 4 is 17.9 Å². The molecule has 66 heavy (non-hydrogen) atoms. The maximum atomic E-state index is 12.7. The fraction of sp³-hybridized carbons (Fsp3) is 0.783. The van der Waals surface area contributed by atoms with Crippen LogP contribution in [-0.2, 0) is 28.6 Å². The molecule has 0 saturated carbocycles. The molecule has 0 saturated heterocycles. The Balaban J connectivity index is 3.97. The topological polar surface area (TPSA) is 78.9 Å². The molecular formula is C60H106O6. The first kappa shape index (κ1) is 63.1. The van der Waals surface area contributed by atoms with Gasteiger partial charge in [-0.25, -0.2) is 0 Å². The summed E-state index contributed by atoms with van der Waals surface area (Å²) in [7, 11) is 0. The Labute approximate surface area is 409 Å². The number of unbranched alkanes of at least 4 members (excludes halogenated alkanes) is 30. The SMILES string of the molecule is CC/C=C\C/C=C\C/C=C\C/C=C\C/C=C\CCCCCCCCCCCCCCCCCC(=O)OCC(COC(=O)CCCCCCCCC)OC(=O)CCCCCCCCCCCC. The van der Waals surface area contributed by atoms with Crippen LogP contribution in [0.5, 0.6) is 0 Å². The standard InChI is InChI=1S/C60H106O6/c1-4-7-10-13-16-18-20-21-22-23-24-25-26-27-28-29-30-31-32-33-34-35-36-37-38-39-40-42-44-47-50-53-59(62)65-56-57(55-64-58(61)52-49-46-43-15-12-9-6-3)66-60(63)54-51-48-45-41-19-17-14-11-8-5-2/h7,10,16,18,21-22,24-25,27-28,57H,4-6,8-9,11-15,17,19-20,23,26,29-56H2,1-3H3/b10-7-,18-16-,22-21-,25-24-,28-27-. The zero-order valence-electron chi connectivity index (χ0n) is 43.7. The highest BCUT2D eigenvalue weighted by molar-refractivity contribution is 5.71. The lowest BCUT2D eigenvalue weighted by atomic mass is 10.0. The van der Waals surface area contributed by atoms with Crippen LogP contribution >= 0.6 is 0 Å². The highest BCUT2D eigenvalue weighted by Gasteiger charge is 2.19. The maximum absolute atomic E-state index is 12.7. The molecule has 0 aromatic carbocycles. The van der Waals surface area contributed by atoms with E-state index in [4.69, 9.17) is 14.2 Å². The second-order valence-electron chi connectivity index (χ2n) is 18.8. The number of carbonyl (C=O) groups excluding carboxylic acids is 3. The van der Waals surface area contributed by atoms with Gasteiger partial charge < -0.3 is 14.2 Å². The summed E-state index contributed by atoms with van der Waals surface area (Å²) in [5.41, 5.74) is 0. The third-order valence-corrected chi connectivity index (χ3v) is 12.3. The van der Waals surface area contributed by atoms with Crippen LogP contribution in [0.2, 0.25) is 0 Å². The normalized spacial score (nSPS) is 12.5. The summed E-state index contributed by atoms with van der Waals surface area (Å²) < 4.78 is 16.7. The van der Waals surface area contributed by atoms with Crippen LogP contribution < -0.4 is 0 Å². The van der Waals surface area contributed by atoms with Crippen LogP contribution in [0.3, 0.4) is 0 Å². The summed E-state index contributed by atoms with van der Waals surface area (Å²) in [6.07, 6.45) is 68.2. The molecule has 6 heteroatoms. The third-order valence-electron chi connectivity index (χ3n) is 12.3. The fourth-order valence-corrected chi connectivity index (χ4v) is 8.06. The van der Waals surface area contributed by atoms with Crippen LogP contribution in [0.25, 0.3) is 0 Å². The highest BCUT2D eigenvalue weighted by Crippen LogP contribution is 2.16. The van der Waals surface area contributed by atoms with E-state index in [0.717, 1.165) is 89.9 Å². The first-order chi connectivity index (χ1) is 32.5. The van der Waals surface area contributed by atoms with Crippen molar-refractivity contribution < 1.29 is 28.6 Å². The molecule has 0 fully saturated rings. The highest BCUT2D eigenvalue weighted by atomic mass is 16.6. The molecule has 0 bridgehead atoms. The molecule has 0 aliphatic heterocycles. The van der Waals surface area contributed by atoms with E-state index in [2.05, 4.69) is 81.5 Å². The number of hydrogen-bond acceptors (Lipinski definition) is 6. The zero-order chi connectivity index (χ0) is 47.9. The lowest BCUT2D eigenvalue weighted by Gasteiger charge is -2.18. The van der Waals surface area contributed by atoms with Crippen molar-refractivity contribution in [2.45, 2.75) is 290 Å². The van der Waals surface area contributed by atoms with Crippen molar-refractivity contribution in [3.63, 3.8) is 0 Å². The van der Waals surface area contributed by atoms with Gasteiger partial charge >= 0.3 is 17.9 Å². The Morgan fingerprint density at radius 2 is 0.591 bits per heavy atom. The molecule has 0 spiro atoms. The van der Waals surface area contributed by atoms with Gasteiger partial charge in [-0.1, -0.05) is 261 Å². The van der Waals surface area contributed by atoms with Gasteiger partial charge in [0.15, 0.2) is 6.10 Å². The zero-order valence-corrected chi connectivity index (χ0v) is 43.7. The molecule has 0 heterocycles. The Morgan fingerprint density at radius 3 is 0.924 bits per heavy atom. The van der Waals surface area contributed by atoms with Crippen molar-refractivity contribution in [2.75, 3.05) is 13.2 Å². The van der Waals surface area contributed by atoms with Crippen LogP contribution in [0.1, 0.15) is 284 Å². The van der Waals surface area contributed by atoms with Crippen molar-refractivity contribution in [3.8, 4) is 0 Å². The molecular weight excluding hydrogens is 817 g/mol. The predicted octanol–water partition coefficient (Wildman–Crippen LogP) is 18.8. The molecule has 0 radical (unpaired) electrons. The van der Waals surface area contributed by atoms with Crippen molar-refractivity contribution in [1.82, 2.24) is 0 Å². The maximum Gasteiger partial charge on any atom is 0.306 e. The van der Waals surface area contributed by atoms with Gasteiger partial charge in [-0.3, -0.25) is 14.4 Å². The van der Waals surface area contributed by atoms with E-state index in [1.807, 2.05) is 0 Å². The van der Waals surface area contributed by atoms with Gasteiger partial charge in [0.25, 0.3) is 0 Å². The Hall–Kier alpha value is -2.89. The third kappa shape index (κ3) is 52.1. The van der Waals surface area contributed by atoms with E-state index >= 15 is 0 Å². The average molecular weight is 924 g/mol. The summed E-state index contributed by atoms with van der Waals surface area (Å²) >= 11 is 0. The Bertz CT molecular complexity index is 1200. The summed E-state index contributed by atoms with van der Waals surface area (Å²) in [5, 5.41) is 0. The molecule has 0 aromatic rings. The molecule has 0 N–H and O–H groups in total. The van der Waals surface area contributed by atoms with E-state index in [1.54, 1.807) is 0 Å². The molecule has 6 nitrogen and oxygen atoms in total. The van der Waals surface area contributed by atoms with E-state index in [1.165, 1.54) is 154 Å². The smallest absolute Gasteiger partial charge is 0.306 e. The monoisotopic (exact) mass is 923 g/mol. The summed E-state index contributed by atoms with van der Waals surface area (Å²) in [6.45, 7) is 6.48. The van der Waals surface area contributed by atoms with Gasteiger partial charge in [0.2, 0.25) is 0 Å². The van der Waals surface area contributed by atoms with Crippen LogP contribution in [0.15, 0.2) is 60.8 Å². The van der Waals surface area contributed by atoms with Crippen LogP contribution in [0, 0.1) is 0 Å². The minimum Gasteiger partial charge on any atom is -0.462 e. The van der Waals surface area contributed by atoms with Gasteiger partial charge in [-0.05, 0) is 64.2 Å². The lowest BCUT2D eigenvalue weighted by molar-refractivity contribution is -0.167. The first-order valence-electron chi connectivity index (χ1n) is 28.3. The minimum atomic E-state index is -0.765. The van der Waals surface area contributed by atoms with E-state index in [-0.39, 0.29) is 31.1 Å². The summed E-state index contributed by atoms with van der Waals surface area (Å²) in [5.74, 6) is -0.869. The van der Waals surface area contributed by atoms with Gasteiger partial charge in [-0.15, -0.1) is 0 Å².